The highest BCUT2D eigenvalue weighted by Gasteiger charge is 2.23. The first kappa shape index (κ1) is 11.4. The molecular formula is C13H25NO. The molecule has 1 N–H and O–H groups in total. The van der Waals surface area contributed by atoms with E-state index in [2.05, 4.69) is 12.2 Å². The molecule has 1 saturated carbocycles. The Morgan fingerprint density at radius 1 is 1.00 bits per heavy atom. The van der Waals surface area contributed by atoms with Crippen molar-refractivity contribution in [3.8, 4) is 0 Å². The summed E-state index contributed by atoms with van der Waals surface area (Å²) in [5.74, 6) is 0. The summed E-state index contributed by atoms with van der Waals surface area (Å²) in [4.78, 5) is 0. The molecule has 2 atom stereocenters. The van der Waals surface area contributed by atoms with Crippen molar-refractivity contribution in [2.24, 2.45) is 0 Å². The van der Waals surface area contributed by atoms with Gasteiger partial charge in [0.2, 0.25) is 0 Å². The Morgan fingerprint density at radius 2 is 1.80 bits per heavy atom. The number of nitrogens with one attached hydrogen (secondary N) is 1. The van der Waals surface area contributed by atoms with E-state index in [-0.39, 0.29) is 0 Å². The zero-order valence-electron chi connectivity index (χ0n) is 10.0. The summed E-state index contributed by atoms with van der Waals surface area (Å²) in [6, 6.07) is 0.701. The molecule has 0 aromatic heterocycles. The van der Waals surface area contributed by atoms with Crippen molar-refractivity contribution in [1.82, 2.24) is 5.32 Å². The van der Waals surface area contributed by atoms with E-state index in [0.29, 0.717) is 18.4 Å². The lowest BCUT2D eigenvalue weighted by Gasteiger charge is -2.34. The molecule has 2 aliphatic rings. The van der Waals surface area contributed by atoms with Crippen molar-refractivity contribution in [1.29, 1.82) is 0 Å². The number of hydrogen-bond donors (Lipinski definition) is 1. The number of hydrogen-bond acceptors (Lipinski definition) is 2. The van der Waals surface area contributed by atoms with Crippen molar-refractivity contribution < 1.29 is 4.74 Å². The molecule has 1 aliphatic carbocycles. The minimum Gasteiger partial charge on any atom is -0.360 e. The summed E-state index contributed by atoms with van der Waals surface area (Å²) < 4.78 is 6.15. The Kier molecular flexibility index (Phi) is 4.45. The van der Waals surface area contributed by atoms with Crippen LogP contribution in [-0.4, -0.2) is 18.4 Å². The second-order valence-electron chi connectivity index (χ2n) is 5.09. The maximum absolute atomic E-state index is 6.15. The normalized spacial score (nSPS) is 34.2. The van der Waals surface area contributed by atoms with E-state index in [0.717, 1.165) is 0 Å². The summed E-state index contributed by atoms with van der Waals surface area (Å²) >= 11 is 0. The van der Waals surface area contributed by atoms with Crippen molar-refractivity contribution >= 4 is 0 Å². The average Bonchev–Trinajstić information content (AvgIpc) is 2.31. The minimum absolute atomic E-state index is 0.354. The zero-order chi connectivity index (χ0) is 10.5. The zero-order valence-corrected chi connectivity index (χ0v) is 10.0. The maximum Gasteiger partial charge on any atom is 0.108 e. The molecule has 2 fully saturated rings. The second kappa shape index (κ2) is 5.86. The molecule has 0 spiro atoms. The van der Waals surface area contributed by atoms with Crippen LogP contribution in [0.2, 0.25) is 0 Å². The van der Waals surface area contributed by atoms with Gasteiger partial charge in [-0.25, -0.2) is 0 Å². The van der Waals surface area contributed by atoms with Gasteiger partial charge >= 0.3 is 0 Å². The van der Waals surface area contributed by atoms with Gasteiger partial charge in [0.05, 0.1) is 6.10 Å². The summed E-state index contributed by atoms with van der Waals surface area (Å²) in [6.07, 6.45) is 12.8. The lowest BCUT2D eigenvalue weighted by Crippen LogP contribution is -2.45. The quantitative estimate of drug-likeness (QED) is 0.774. The topological polar surface area (TPSA) is 21.3 Å². The molecule has 2 rings (SSSR count). The largest absolute Gasteiger partial charge is 0.360 e. The molecule has 0 radical (unpaired) electrons. The first-order valence-electron chi connectivity index (χ1n) is 6.80. The number of rotatable bonds is 3. The molecule has 15 heavy (non-hydrogen) atoms. The van der Waals surface area contributed by atoms with Gasteiger partial charge in [0.25, 0.3) is 0 Å². The molecule has 0 amide bonds. The van der Waals surface area contributed by atoms with Crippen molar-refractivity contribution in [2.45, 2.75) is 83.1 Å². The van der Waals surface area contributed by atoms with Gasteiger partial charge in [-0.3, -0.25) is 5.32 Å². The summed E-state index contributed by atoms with van der Waals surface area (Å²) in [5.41, 5.74) is 0. The first-order chi connectivity index (χ1) is 7.38. The van der Waals surface area contributed by atoms with Crippen LogP contribution < -0.4 is 5.32 Å². The monoisotopic (exact) mass is 211 g/mol. The van der Waals surface area contributed by atoms with E-state index in [1.807, 2.05) is 0 Å². The Balaban J connectivity index is 1.72. The third-order valence-electron chi connectivity index (χ3n) is 3.84. The van der Waals surface area contributed by atoms with Crippen LogP contribution in [0.3, 0.4) is 0 Å². The molecule has 2 nitrogen and oxygen atoms in total. The van der Waals surface area contributed by atoms with Gasteiger partial charge in [0, 0.05) is 6.04 Å². The predicted octanol–water partition coefficient (Wildman–Crippen LogP) is 3.21. The third-order valence-corrected chi connectivity index (χ3v) is 3.84. The van der Waals surface area contributed by atoms with Crippen LogP contribution in [0, 0.1) is 0 Å². The maximum atomic E-state index is 6.15. The van der Waals surface area contributed by atoms with E-state index in [1.54, 1.807) is 0 Å². The van der Waals surface area contributed by atoms with Gasteiger partial charge in [-0.1, -0.05) is 26.2 Å². The van der Waals surface area contributed by atoms with Gasteiger partial charge in [-0.2, -0.15) is 0 Å². The molecular weight excluding hydrogens is 186 g/mol. The number of piperidine rings is 1. The lowest BCUT2D eigenvalue weighted by molar-refractivity contribution is -0.0648. The second-order valence-corrected chi connectivity index (χ2v) is 5.09. The Labute approximate surface area is 93.8 Å². The average molecular weight is 211 g/mol. The fraction of sp³-hybridized carbons (Fsp3) is 1.00. The van der Waals surface area contributed by atoms with Crippen molar-refractivity contribution in [3.63, 3.8) is 0 Å². The first-order valence-corrected chi connectivity index (χ1v) is 6.80. The molecule has 2 heteroatoms. The Bertz CT molecular complexity index is 177. The summed E-state index contributed by atoms with van der Waals surface area (Å²) in [6.45, 7) is 2.26. The van der Waals surface area contributed by atoms with Gasteiger partial charge in [0.15, 0.2) is 0 Å². The standard InChI is InChI=1S/C13H25NO/c1-2-11-7-6-10-13(14-11)15-12-8-4-3-5-9-12/h11-14H,2-10H2,1H3. The molecule has 0 bridgehead atoms. The summed E-state index contributed by atoms with van der Waals surface area (Å²) in [5, 5.41) is 3.63. The van der Waals surface area contributed by atoms with Crippen LogP contribution in [0.1, 0.15) is 64.7 Å². The van der Waals surface area contributed by atoms with Crippen LogP contribution in [-0.2, 0) is 4.74 Å². The van der Waals surface area contributed by atoms with Crippen LogP contribution in [0.5, 0.6) is 0 Å². The molecule has 1 aliphatic heterocycles. The summed E-state index contributed by atoms with van der Waals surface area (Å²) in [7, 11) is 0. The van der Waals surface area contributed by atoms with E-state index in [1.165, 1.54) is 57.8 Å². The van der Waals surface area contributed by atoms with Gasteiger partial charge in [-0.15, -0.1) is 0 Å². The van der Waals surface area contributed by atoms with Crippen molar-refractivity contribution in [2.75, 3.05) is 0 Å². The van der Waals surface area contributed by atoms with Gasteiger partial charge < -0.3 is 4.74 Å². The van der Waals surface area contributed by atoms with Crippen LogP contribution in [0.25, 0.3) is 0 Å². The molecule has 0 aromatic carbocycles. The van der Waals surface area contributed by atoms with Crippen LogP contribution >= 0.6 is 0 Å². The van der Waals surface area contributed by atoms with E-state index >= 15 is 0 Å². The Hall–Kier alpha value is -0.0800. The van der Waals surface area contributed by atoms with Crippen LogP contribution in [0.15, 0.2) is 0 Å². The lowest BCUT2D eigenvalue weighted by atomic mass is 9.97. The minimum atomic E-state index is 0.354. The fourth-order valence-electron chi connectivity index (χ4n) is 2.84. The molecule has 2 unspecified atom stereocenters. The van der Waals surface area contributed by atoms with E-state index < -0.39 is 0 Å². The van der Waals surface area contributed by atoms with E-state index in [9.17, 15) is 0 Å². The molecule has 1 heterocycles. The fourth-order valence-corrected chi connectivity index (χ4v) is 2.84. The Morgan fingerprint density at radius 3 is 2.53 bits per heavy atom. The molecule has 88 valence electrons. The van der Waals surface area contributed by atoms with Gasteiger partial charge in [-0.05, 0) is 38.5 Å². The highest BCUT2D eigenvalue weighted by atomic mass is 16.5. The number of ether oxygens (including phenoxy) is 1. The molecule has 1 saturated heterocycles. The van der Waals surface area contributed by atoms with E-state index in [4.69, 9.17) is 4.74 Å². The predicted molar refractivity (Wildman–Crippen MR) is 62.8 cm³/mol. The molecule has 0 aromatic rings. The highest BCUT2D eigenvalue weighted by molar-refractivity contribution is 4.76. The van der Waals surface area contributed by atoms with Crippen molar-refractivity contribution in [3.05, 3.63) is 0 Å². The highest BCUT2D eigenvalue weighted by Crippen LogP contribution is 2.24. The third kappa shape index (κ3) is 3.46. The smallest absolute Gasteiger partial charge is 0.108 e. The van der Waals surface area contributed by atoms with Crippen LogP contribution in [0.4, 0.5) is 0 Å². The van der Waals surface area contributed by atoms with Gasteiger partial charge in [0.1, 0.15) is 6.23 Å². The SMILES string of the molecule is CCC1CCCC(OC2CCCCC2)N1.